The van der Waals surface area contributed by atoms with Crippen molar-refractivity contribution in [2.75, 3.05) is 6.54 Å². The Kier molecular flexibility index (Phi) is 5.94. The Morgan fingerprint density at radius 3 is 2.63 bits per heavy atom. The van der Waals surface area contributed by atoms with Gasteiger partial charge in [-0.1, -0.05) is 22.9 Å². The lowest BCUT2D eigenvalue weighted by molar-refractivity contribution is -0.135. The van der Waals surface area contributed by atoms with Crippen molar-refractivity contribution in [2.24, 2.45) is 11.7 Å². The number of carbonyl (C=O) groups is 1. The fourth-order valence-electron chi connectivity index (χ4n) is 1.73. The van der Waals surface area contributed by atoms with Crippen molar-refractivity contribution in [2.45, 2.75) is 33.4 Å². The van der Waals surface area contributed by atoms with Crippen LogP contribution in [-0.2, 0) is 11.3 Å². The van der Waals surface area contributed by atoms with Gasteiger partial charge in [0.05, 0.1) is 5.92 Å². The normalized spacial score (nSPS) is 14.0. The minimum absolute atomic E-state index is 0.0446. The van der Waals surface area contributed by atoms with Crippen LogP contribution < -0.4 is 5.73 Å². The zero-order chi connectivity index (χ0) is 14.6. The van der Waals surface area contributed by atoms with Crippen molar-refractivity contribution in [1.29, 1.82) is 0 Å². The summed E-state index contributed by atoms with van der Waals surface area (Å²) in [5.74, 6) is -0.616. The lowest BCUT2D eigenvalue weighted by Crippen LogP contribution is -2.41. The van der Waals surface area contributed by atoms with Gasteiger partial charge in [0.15, 0.2) is 0 Å². The highest BCUT2D eigenvalue weighted by Gasteiger charge is 2.23. The third-order valence-corrected chi connectivity index (χ3v) is 3.73. The predicted molar refractivity (Wildman–Crippen MR) is 78.0 cm³/mol. The highest BCUT2D eigenvalue weighted by molar-refractivity contribution is 9.10. The average Bonchev–Trinajstić information content (AvgIpc) is 2.37. The third-order valence-electron chi connectivity index (χ3n) is 3.24. The Hall–Kier alpha value is -0.940. The van der Waals surface area contributed by atoms with Crippen LogP contribution in [0, 0.1) is 11.7 Å². The Morgan fingerprint density at radius 2 is 2.11 bits per heavy atom. The van der Waals surface area contributed by atoms with Crippen LogP contribution in [0.1, 0.15) is 26.3 Å². The molecule has 106 valence electrons. The molecule has 0 aromatic heterocycles. The standard InChI is InChI=1S/C14H20BrFN2O/c1-4-18(14(19)9(2)10(3)17)8-11-7-12(15)5-6-13(11)16/h5-7,9-10H,4,8,17H2,1-3H3. The van der Waals surface area contributed by atoms with E-state index in [2.05, 4.69) is 15.9 Å². The van der Waals surface area contributed by atoms with E-state index in [1.165, 1.54) is 6.07 Å². The molecule has 0 radical (unpaired) electrons. The molecule has 19 heavy (non-hydrogen) atoms. The van der Waals surface area contributed by atoms with E-state index >= 15 is 0 Å². The lowest BCUT2D eigenvalue weighted by atomic mass is 10.0. The van der Waals surface area contributed by atoms with Crippen LogP contribution in [0.25, 0.3) is 0 Å². The van der Waals surface area contributed by atoms with Gasteiger partial charge in [-0.05, 0) is 32.0 Å². The second kappa shape index (κ2) is 7.01. The quantitative estimate of drug-likeness (QED) is 0.902. The smallest absolute Gasteiger partial charge is 0.227 e. The summed E-state index contributed by atoms with van der Waals surface area (Å²) in [6, 6.07) is 4.52. The van der Waals surface area contributed by atoms with E-state index in [1.807, 2.05) is 6.92 Å². The zero-order valence-corrected chi connectivity index (χ0v) is 13.1. The van der Waals surface area contributed by atoms with Gasteiger partial charge in [-0.15, -0.1) is 0 Å². The monoisotopic (exact) mass is 330 g/mol. The van der Waals surface area contributed by atoms with Gasteiger partial charge in [-0.25, -0.2) is 4.39 Å². The molecule has 1 aromatic carbocycles. The summed E-state index contributed by atoms with van der Waals surface area (Å²) in [6.07, 6.45) is 0. The van der Waals surface area contributed by atoms with Crippen molar-refractivity contribution >= 4 is 21.8 Å². The van der Waals surface area contributed by atoms with Gasteiger partial charge in [-0.3, -0.25) is 4.79 Å². The van der Waals surface area contributed by atoms with Gasteiger partial charge in [0.25, 0.3) is 0 Å². The number of nitrogens with zero attached hydrogens (tertiary/aromatic N) is 1. The molecule has 1 aromatic rings. The number of rotatable bonds is 5. The molecule has 0 aliphatic heterocycles. The first-order chi connectivity index (χ1) is 8.86. The Bertz CT molecular complexity index is 451. The van der Waals surface area contributed by atoms with E-state index in [0.29, 0.717) is 12.1 Å². The van der Waals surface area contributed by atoms with Crippen molar-refractivity contribution in [1.82, 2.24) is 4.90 Å². The summed E-state index contributed by atoms with van der Waals surface area (Å²) >= 11 is 3.31. The number of nitrogens with two attached hydrogens (primary N) is 1. The maximum Gasteiger partial charge on any atom is 0.227 e. The summed E-state index contributed by atoms with van der Waals surface area (Å²) in [7, 11) is 0. The number of halogens is 2. The van der Waals surface area contributed by atoms with E-state index < -0.39 is 0 Å². The fourth-order valence-corrected chi connectivity index (χ4v) is 2.14. The number of hydrogen-bond donors (Lipinski definition) is 1. The molecular weight excluding hydrogens is 311 g/mol. The second-order valence-corrected chi connectivity index (χ2v) is 5.65. The van der Waals surface area contributed by atoms with Crippen molar-refractivity contribution in [3.8, 4) is 0 Å². The average molecular weight is 331 g/mol. The van der Waals surface area contributed by atoms with Gasteiger partial charge in [0.1, 0.15) is 5.82 Å². The van der Waals surface area contributed by atoms with Crippen LogP contribution in [0.5, 0.6) is 0 Å². The SMILES string of the molecule is CCN(Cc1cc(Br)ccc1F)C(=O)C(C)C(C)N. The van der Waals surface area contributed by atoms with E-state index in [0.717, 1.165) is 4.47 Å². The highest BCUT2D eigenvalue weighted by Crippen LogP contribution is 2.18. The molecular formula is C14H20BrFN2O. The van der Waals surface area contributed by atoms with Crippen LogP contribution in [0.3, 0.4) is 0 Å². The summed E-state index contributed by atoms with van der Waals surface area (Å²) < 4.78 is 14.5. The molecule has 2 N–H and O–H groups in total. The molecule has 0 heterocycles. The largest absolute Gasteiger partial charge is 0.338 e. The molecule has 0 fully saturated rings. The highest BCUT2D eigenvalue weighted by atomic mass is 79.9. The molecule has 0 aliphatic rings. The first-order valence-corrected chi connectivity index (χ1v) is 7.14. The molecule has 1 amide bonds. The molecule has 0 spiro atoms. The molecule has 1 rings (SSSR count). The lowest BCUT2D eigenvalue weighted by Gasteiger charge is -2.26. The number of carbonyl (C=O) groups excluding carboxylic acids is 1. The van der Waals surface area contributed by atoms with E-state index in [4.69, 9.17) is 5.73 Å². The summed E-state index contributed by atoms with van der Waals surface area (Å²) in [5.41, 5.74) is 6.25. The van der Waals surface area contributed by atoms with E-state index in [9.17, 15) is 9.18 Å². The van der Waals surface area contributed by atoms with E-state index in [-0.39, 0.29) is 30.2 Å². The van der Waals surface area contributed by atoms with Gasteiger partial charge >= 0.3 is 0 Å². The van der Waals surface area contributed by atoms with Crippen LogP contribution in [0.2, 0.25) is 0 Å². The maximum absolute atomic E-state index is 13.7. The molecule has 3 nitrogen and oxygen atoms in total. The van der Waals surface area contributed by atoms with Gasteiger partial charge in [0, 0.05) is 29.2 Å². The Morgan fingerprint density at radius 1 is 1.47 bits per heavy atom. The first-order valence-electron chi connectivity index (χ1n) is 6.35. The molecule has 0 aliphatic carbocycles. The molecule has 0 saturated carbocycles. The summed E-state index contributed by atoms with van der Waals surface area (Å²) in [6.45, 7) is 6.27. The topological polar surface area (TPSA) is 46.3 Å². The van der Waals surface area contributed by atoms with Crippen molar-refractivity contribution < 1.29 is 9.18 Å². The number of benzene rings is 1. The van der Waals surface area contributed by atoms with Gasteiger partial charge < -0.3 is 10.6 Å². The van der Waals surface area contributed by atoms with Gasteiger partial charge in [0.2, 0.25) is 5.91 Å². The molecule has 0 saturated heterocycles. The maximum atomic E-state index is 13.7. The van der Waals surface area contributed by atoms with Crippen molar-refractivity contribution in [3.05, 3.63) is 34.1 Å². The fraction of sp³-hybridized carbons (Fsp3) is 0.500. The minimum Gasteiger partial charge on any atom is -0.338 e. The molecule has 0 bridgehead atoms. The molecule has 2 unspecified atom stereocenters. The minimum atomic E-state index is -0.303. The van der Waals surface area contributed by atoms with Gasteiger partial charge in [-0.2, -0.15) is 0 Å². The molecule has 5 heteroatoms. The Labute approximate surface area is 122 Å². The van der Waals surface area contributed by atoms with Crippen LogP contribution >= 0.6 is 15.9 Å². The van der Waals surface area contributed by atoms with Crippen LogP contribution in [0.15, 0.2) is 22.7 Å². The van der Waals surface area contributed by atoms with Crippen molar-refractivity contribution in [3.63, 3.8) is 0 Å². The zero-order valence-electron chi connectivity index (χ0n) is 11.5. The Balaban J connectivity index is 2.87. The summed E-state index contributed by atoms with van der Waals surface area (Å²) in [4.78, 5) is 13.9. The molecule has 2 atom stereocenters. The predicted octanol–water partition coefficient (Wildman–Crippen LogP) is 2.92. The van der Waals surface area contributed by atoms with E-state index in [1.54, 1.807) is 30.9 Å². The van der Waals surface area contributed by atoms with Crippen LogP contribution in [-0.4, -0.2) is 23.4 Å². The third kappa shape index (κ3) is 4.28. The first kappa shape index (κ1) is 16.1. The number of hydrogen-bond acceptors (Lipinski definition) is 2. The number of amides is 1. The summed E-state index contributed by atoms with van der Waals surface area (Å²) in [5, 5.41) is 0. The van der Waals surface area contributed by atoms with Crippen LogP contribution in [0.4, 0.5) is 4.39 Å². The second-order valence-electron chi connectivity index (χ2n) is 4.74.